The molecule has 29 heavy (non-hydrogen) atoms. The molecule has 0 spiro atoms. The van der Waals surface area contributed by atoms with Crippen molar-refractivity contribution in [1.82, 2.24) is 0 Å². The van der Waals surface area contributed by atoms with Crippen molar-refractivity contribution in [1.29, 1.82) is 0 Å². The van der Waals surface area contributed by atoms with Crippen molar-refractivity contribution < 1.29 is 14.3 Å². The first kappa shape index (κ1) is 22.1. The number of esters is 1. The van der Waals surface area contributed by atoms with Gasteiger partial charge in [-0.3, -0.25) is 0 Å². The lowest BCUT2D eigenvalue weighted by molar-refractivity contribution is -0.108. The molecule has 1 aromatic carbocycles. The van der Waals surface area contributed by atoms with Gasteiger partial charge in [0.15, 0.2) is 0 Å². The van der Waals surface area contributed by atoms with Crippen LogP contribution in [0.25, 0.3) is 0 Å². The van der Waals surface area contributed by atoms with Gasteiger partial charge in [0.25, 0.3) is 0 Å². The molecule has 4 atom stereocenters. The fourth-order valence-electron chi connectivity index (χ4n) is 5.86. The molecule has 1 aromatic rings. The Kier molecular flexibility index (Phi) is 6.00. The first-order valence-electron chi connectivity index (χ1n) is 11.2. The van der Waals surface area contributed by atoms with E-state index >= 15 is 0 Å². The van der Waals surface area contributed by atoms with Gasteiger partial charge in [0.05, 0.1) is 5.56 Å². The minimum absolute atomic E-state index is 0.0205. The first-order chi connectivity index (χ1) is 13.5. The number of carbonyl (C=O) groups is 2. The predicted octanol–water partition coefficient (Wildman–Crippen LogP) is 6.24. The van der Waals surface area contributed by atoms with Gasteiger partial charge in [0.1, 0.15) is 12.4 Å². The number of benzene rings is 1. The monoisotopic (exact) mass is 398 g/mol. The lowest BCUT2D eigenvalue weighted by Gasteiger charge is -2.38. The van der Waals surface area contributed by atoms with E-state index in [9.17, 15) is 9.59 Å². The molecule has 2 aliphatic rings. The van der Waals surface area contributed by atoms with Crippen LogP contribution in [0, 0.1) is 28.1 Å². The number of rotatable bonds is 7. The molecular weight excluding hydrogens is 360 g/mol. The quantitative estimate of drug-likeness (QED) is 0.403. The largest absolute Gasteiger partial charge is 0.458 e. The van der Waals surface area contributed by atoms with E-state index in [-0.39, 0.29) is 28.3 Å². The maximum Gasteiger partial charge on any atom is 0.338 e. The molecule has 0 amide bonds. The summed E-state index contributed by atoms with van der Waals surface area (Å²) >= 11 is 0. The number of hydrogen-bond acceptors (Lipinski definition) is 3. The van der Waals surface area contributed by atoms with Gasteiger partial charge in [-0.25, -0.2) is 4.79 Å². The van der Waals surface area contributed by atoms with E-state index in [0.29, 0.717) is 23.8 Å². The SMILES string of the molecule is CC(C)(C)CC(CC=O)Cc1ccc(C(=O)O[C@@H]2CC3CCC2(C)C3(C)C)cc1. The van der Waals surface area contributed by atoms with E-state index in [1.54, 1.807) is 0 Å². The van der Waals surface area contributed by atoms with E-state index in [1.165, 1.54) is 12.0 Å². The Morgan fingerprint density at radius 2 is 1.86 bits per heavy atom. The number of carbonyl (C=O) groups excluding carboxylic acids is 2. The number of ether oxygens (including phenoxy) is 1. The third kappa shape index (κ3) is 4.44. The van der Waals surface area contributed by atoms with Crippen molar-refractivity contribution in [3.8, 4) is 0 Å². The molecule has 2 fully saturated rings. The van der Waals surface area contributed by atoms with Gasteiger partial charge < -0.3 is 9.53 Å². The van der Waals surface area contributed by atoms with Crippen LogP contribution in [0.4, 0.5) is 0 Å². The summed E-state index contributed by atoms with van der Waals surface area (Å²) in [7, 11) is 0. The van der Waals surface area contributed by atoms with Crippen molar-refractivity contribution in [2.24, 2.45) is 28.1 Å². The van der Waals surface area contributed by atoms with Crippen LogP contribution in [0.1, 0.15) is 89.6 Å². The Morgan fingerprint density at radius 3 is 2.34 bits per heavy atom. The van der Waals surface area contributed by atoms with Crippen LogP contribution in [0.15, 0.2) is 24.3 Å². The van der Waals surface area contributed by atoms with Crippen LogP contribution in [0.5, 0.6) is 0 Å². The Morgan fingerprint density at radius 1 is 1.21 bits per heavy atom. The van der Waals surface area contributed by atoms with Crippen LogP contribution in [-0.2, 0) is 16.0 Å². The normalized spacial score (nSPS) is 28.9. The molecule has 3 unspecified atom stereocenters. The highest BCUT2D eigenvalue weighted by atomic mass is 16.5. The highest BCUT2D eigenvalue weighted by molar-refractivity contribution is 5.89. The van der Waals surface area contributed by atoms with Crippen LogP contribution in [0.3, 0.4) is 0 Å². The van der Waals surface area contributed by atoms with Gasteiger partial charge in [-0.2, -0.15) is 0 Å². The van der Waals surface area contributed by atoms with Crippen LogP contribution < -0.4 is 0 Å². The molecule has 0 radical (unpaired) electrons. The zero-order valence-corrected chi connectivity index (χ0v) is 19.1. The minimum Gasteiger partial charge on any atom is -0.458 e. The average molecular weight is 399 g/mol. The Balaban J connectivity index is 1.63. The molecule has 160 valence electrons. The van der Waals surface area contributed by atoms with Gasteiger partial charge in [0.2, 0.25) is 0 Å². The topological polar surface area (TPSA) is 43.4 Å². The number of aldehydes is 1. The molecule has 0 saturated heterocycles. The van der Waals surface area contributed by atoms with E-state index in [4.69, 9.17) is 4.74 Å². The predicted molar refractivity (Wildman–Crippen MR) is 117 cm³/mol. The molecule has 0 N–H and O–H groups in total. The first-order valence-corrected chi connectivity index (χ1v) is 11.2. The van der Waals surface area contributed by atoms with Gasteiger partial charge in [-0.1, -0.05) is 53.7 Å². The Bertz CT molecular complexity index is 740. The zero-order chi connectivity index (χ0) is 21.4. The molecular formula is C26H38O3. The van der Waals surface area contributed by atoms with E-state index < -0.39 is 0 Å². The molecule has 0 heterocycles. The molecule has 2 saturated carbocycles. The summed E-state index contributed by atoms with van der Waals surface area (Å²) in [6, 6.07) is 7.80. The van der Waals surface area contributed by atoms with Gasteiger partial charge >= 0.3 is 5.97 Å². The third-order valence-electron chi connectivity index (χ3n) is 8.01. The molecule has 2 aliphatic carbocycles. The second-order valence-corrected chi connectivity index (χ2v) is 11.4. The summed E-state index contributed by atoms with van der Waals surface area (Å²) in [5.41, 5.74) is 2.32. The lowest BCUT2D eigenvalue weighted by Crippen LogP contribution is -2.38. The van der Waals surface area contributed by atoms with Crippen LogP contribution in [0.2, 0.25) is 0 Å². The van der Waals surface area contributed by atoms with Gasteiger partial charge in [0, 0.05) is 11.8 Å². The molecule has 3 rings (SSSR count). The molecule has 2 bridgehead atoms. The highest BCUT2D eigenvalue weighted by Gasteiger charge is 2.62. The van der Waals surface area contributed by atoms with E-state index in [1.807, 2.05) is 24.3 Å². The maximum atomic E-state index is 12.8. The zero-order valence-electron chi connectivity index (χ0n) is 19.1. The van der Waals surface area contributed by atoms with Crippen molar-refractivity contribution >= 4 is 12.3 Å². The standard InChI is InChI=1S/C26H38O3/c1-24(2,3)17-19(12-14-27)15-18-7-9-20(10-8-18)23(28)29-22-16-21-11-13-26(22,6)25(21,4)5/h7-10,14,19,21-22H,11-13,15-17H2,1-6H3/t19?,21?,22-,26?/m1/s1. The molecule has 0 aromatic heterocycles. The second kappa shape index (κ2) is 7.89. The molecule has 3 nitrogen and oxygen atoms in total. The average Bonchev–Trinajstić information content (AvgIpc) is 2.94. The van der Waals surface area contributed by atoms with E-state index in [2.05, 4.69) is 41.5 Å². The molecule has 0 aliphatic heterocycles. The fraction of sp³-hybridized carbons (Fsp3) is 0.692. The number of hydrogen-bond donors (Lipinski definition) is 0. The fourth-order valence-corrected chi connectivity index (χ4v) is 5.86. The minimum atomic E-state index is -0.203. The smallest absolute Gasteiger partial charge is 0.338 e. The Labute approximate surface area is 176 Å². The van der Waals surface area contributed by atoms with Crippen LogP contribution >= 0.6 is 0 Å². The van der Waals surface area contributed by atoms with Gasteiger partial charge in [-0.05, 0) is 72.5 Å². The van der Waals surface area contributed by atoms with Crippen LogP contribution in [-0.4, -0.2) is 18.4 Å². The van der Waals surface area contributed by atoms with Gasteiger partial charge in [-0.15, -0.1) is 0 Å². The van der Waals surface area contributed by atoms with E-state index in [0.717, 1.165) is 32.0 Å². The van der Waals surface area contributed by atoms with Crippen molar-refractivity contribution in [3.63, 3.8) is 0 Å². The lowest BCUT2D eigenvalue weighted by atomic mass is 9.70. The summed E-state index contributed by atoms with van der Waals surface area (Å²) in [5.74, 6) is 0.789. The summed E-state index contributed by atoms with van der Waals surface area (Å²) in [5, 5.41) is 0. The van der Waals surface area contributed by atoms with Crippen molar-refractivity contribution in [3.05, 3.63) is 35.4 Å². The summed E-state index contributed by atoms with van der Waals surface area (Å²) in [6.07, 6.45) is 6.89. The maximum absolute atomic E-state index is 12.8. The Hall–Kier alpha value is -1.64. The van der Waals surface area contributed by atoms with Crippen molar-refractivity contribution in [2.45, 2.75) is 86.2 Å². The van der Waals surface area contributed by atoms with Crippen molar-refractivity contribution in [2.75, 3.05) is 0 Å². The summed E-state index contributed by atoms with van der Waals surface area (Å²) < 4.78 is 6.01. The summed E-state index contributed by atoms with van der Waals surface area (Å²) in [4.78, 5) is 23.8. The highest BCUT2D eigenvalue weighted by Crippen LogP contribution is 2.66. The third-order valence-corrected chi connectivity index (χ3v) is 8.01. The number of fused-ring (bicyclic) bond motifs is 2. The molecule has 3 heteroatoms. The summed E-state index contributed by atoms with van der Waals surface area (Å²) in [6.45, 7) is 13.6. The second-order valence-electron chi connectivity index (χ2n) is 11.4.